The summed E-state index contributed by atoms with van der Waals surface area (Å²) >= 11 is 4.19. The number of carbonyl (C=O) groups excluding carboxylic acids is 2. The Balaban J connectivity index is 3.24. The van der Waals surface area contributed by atoms with E-state index in [9.17, 15) is 19.5 Å². The van der Waals surface area contributed by atoms with Crippen molar-refractivity contribution in [2.75, 3.05) is 19.4 Å². The lowest BCUT2D eigenvalue weighted by Gasteiger charge is -2.39. The van der Waals surface area contributed by atoms with E-state index in [0.717, 1.165) is 11.3 Å². The molecular formula is C29H46N2O5S. The molecule has 0 radical (unpaired) electrons. The van der Waals surface area contributed by atoms with Gasteiger partial charge in [-0.2, -0.15) is 12.6 Å². The van der Waals surface area contributed by atoms with Gasteiger partial charge in [0.25, 0.3) is 0 Å². The highest BCUT2D eigenvalue weighted by Gasteiger charge is 2.40. The van der Waals surface area contributed by atoms with Crippen LogP contribution in [0.3, 0.4) is 0 Å². The number of likely N-dealkylation sites (N-methyl/N-ethyl adjacent to an activating group) is 1. The highest BCUT2D eigenvalue weighted by Crippen LogP contribution is 2.34. The molecule has 208 valence electrons. The first-order valence-electron chi connectivity index (χ1n) is 12.8. The Morgan fingerprint density at radius 3 is 2.22 bits per heavy atom. The maximum Gasteiger partial charge on any atom is 0.331 e. The number of hydrogen-bond acceptors (Lipinski definition) is 5. The van der Waals surface area contributed by atoms with E-state index in [4.69, 9.17) is 4.74 Å². The molecule has 0 aromatic heterocycles. The van der Waals surface area contributed by atoms with Crippen LogP contribution in [0.25, 0.3) is 0 Å². The van der Waals surface area contributed by atoms with Gasteiger partial charge in [-0.15, -0.1) is 0 Å². The Labute approximate surface area is 228 Å². The number of rotatable bonds is 12. The fraction of sp³-hybridized carbons (Fsp3) is 0.621. The predicted octanol–water partition coefficient (Wildman–Crippen LogP) is 4.95. The number of amides is 2. The van der Waals surface area contributed by atoms with Gasteiger partial charge in [0, 0.05) is 29.7 Å². The summed E-state index contributed by atoms with van der Waals surface area (Å²) in [6.07, 6.45) is 1.60. The molecule has 0 saturated carbocycles. The zero-order chi connectivity index (χ0) is 28.7. The van der Waals surface area contributed by atoms with Gasteiger partial charge in [-0.25, -0.2) is 4.79 Å². The number of nitrogens with one attached hydrogen (secondary N) is 1. The summed E-state index contributed by atoms with van der Waals surface area (Å²) in [5.74, 6) is -0.663. The number of carboxylic acid groups (broad SMARTS) is 1. The minimum absolute atomic E-state index is 0.0190. The third-order valence-electron chi connectivity index (χ3n) is 7.05. The molecule has 37 heavy (non-hydrogen) atoms. The molecule has 1 aromatic rings. The first-order valence-corrected chi connectivity index (χ1v) is 13.4. The van der Waals surface area contributed by atoms with Crippen LogP contribution in [0.5, 0.6) is 5.75 Å². The Kier molecular flexibility index (Phi) is 11.7. The van der Waals surface area contributed by atoms with E-state index in [1.165, 1.54) is 6.92 Å². The molecular weight excluding hydrogens is 488 g/mol. The molecule has 0 fully saturated rings. The molecule has 0 aliphatic heterocycles. The monoisotopic (exact) mass is 534 g/mol. The second-order valence-electron chi connectivity index (χ2n) is 11.7. The highest BCUT2D eigenvalue weighted by molar-refractivity contribution is 7.80. The molecule has 1 aromatic carbocycles. The zero-order valence-electron chi connectivity index (χ0n) is 24.1. The fourth-order valence-corrected chi connectivity index (χ4v) is 4.16. The first kappa shape index (κ1) is 32.5. The summed E-state index contributed by atoms with van der Waals surface area (Å²) in [7, 11) is 1.66. The maximum absolute atomic E-state index is 13.7. The van der Waals surface area contributed by atoms with E-state index in [2.05, 4.69) is 17.9 Å². The molecule has 0 bridgehead atoms. The first-order chi connectivity index (χ1) is 16.9. The third kappa shape index (κ3) is 8.80. The molecule has 8 heteroatoms. The Bertz CT molecular complexity index is 981. The number of carbonyl (C=O) groups is 3. The number of thiol groups is 1. The van der Waals surface area contributed by atoms with Gasteiger partial charge in [0.1, 0.15) is 11.8 Å². The average Bonchev–Trinajstić information content (AvgIpc) is 2.81. The van der Waals surface area contributed by atoms with Crippen molar-refractivity contribution in [1.29, 1.82) is 0 Å². The standard InChI is InChI=1S/C29H46N2O5S/c1-18(2)23(16-19(3)27(34)35)31(10)26(33)24(28(5,6)7)30-25(32)20(4)29(8,9)21-12-11-13-22(17-21)36-14-15-37/h11-13,16-18,20,23-24,37H,14-15H2,1-10H3,(H,30,32)(H,34,35)/b19-16+/t20-,23-,24-/m1/s1. The molecule has 0 aliphatic rings. The minimum atomic E-state index is -1.02. The lowest BCUT2D eigenvalue weighted by molar-refractivity contribution is -0.141. The normalized spacial score (nSPS) is 15.1. The van der Waals surface area contributed by atoms with Crippen LogP contribution in [-0.2, 0) is 19.8 Å². The molecule has 0 saturated heterocycles. The summed E-state index contributed by atoms with van der Waals surface area (Å²) in [5.41, 5.74) is 0.0182. The molecule has 0 spiro atoms. The van der Waals surface area contributed by atoms with Crippen molar-refractivity contribution >= 4 is 30.4 Å². The average molecular weight is 535 g/mol. The van der Waals surface area contributed by atoms with E-state index in [-0.39, 0.29) is 23.3 Å². The van der Waals surface area contributed by atoms with Crippen molar-refractivity contribution < 1.29 is 24.2 Å². The Morgan fingerprint density at radius 2 is 1.73 bits per heavy atom. The van der Waals surface area contributed by atoms with Gasteiger partial charge in [0.15, 0.2) is 0 Å². The molecule has 2 N–H and O–H groups in total. The van der Waals surface area contributed by atoms with Crippen molar-refractivity contribution in [1.82, 2.24) is 10.2 Å². The minimum Gasteiger partial charge on any atom is -0.493 e. The highest BCUT2D eigenvalue weighted by atomic mass is 32.1. The zero-order valence-corrected chi connectivity index (χ0v) is 25.0. The molecule has 0 aliphatic carbocycles. The van der Waals surface area contributed by atoms with Gasteiger partial charge >= 0.3 is 5.97 Å². The van der Waals surface area contributed by atoms with Crippen LogP contribution in [-0.4, -0.2) is 59.3 Å². The van der Waals surface area contributed by atoms with Gasteiger partial charge in [-0.05, 0) is 36.0 Å². The molecule has 3 atom stereocenters. The van der Waals surface area contributed by atoms with Gasteiger partial charge in [-0.3, -0.25) is 9.59 Å². The van der Waals surface area contributed by atoms with Crippen LogP contribution in [0.4, 0.5) is 0 Å². The lowest BCUT2D eigenvalue weighted by Crippen LogP contribution is -2.58. The number of aliphatic carboxylic acids is 1. The van der Waals surface area contributed by atoms with E-state index in [1.807, 2.05) is 79.7 Å². The summed E-state index contributed by atoms with van der Waals surface area (Å²) in [6, 6.07) is 6.47. The molecule has 7 nitrogen and oxygen atoms in total. The van der Waals surface area contributed by atoms with E-state index < -0.39 is 34.8 Å². The summed E-state index contributed by atoms with van der Waals surface area (Å²) < 4.78 is 5.71. The van der Waals surface area contributed by atoms with Gasteiger partial charge < -0.3 is 20.1 Å². The second kappa shape index (κ2) is 13.4. The van der Waals surface area contributed by atoms with Crippen molar-refractivity contribution in [3.63, 3.8) is 0 Å². The van der Waals surface area contributed by atoms with E-state index in [1.54, 1.807) is 18.0 Å². The molecule has 1 rings (SSSR count). The summed E-state index contributed by atoms with van der Waals surface area (Å²) in [6.45, 7) is 17.5. The quantitative estimate of drug-likeness (QED) is 0.260. The third-order valence-corrected chi connectivity index (χ3v) is 7.23. The van der Waals surface area contributed by atoms with Crippen LogP contribution in [0, 0.1) is 17.3 Å². The summed E-state index contributed by atoms with van der Waals surface area (Å²) in [5, 5.41) is 12.4. The van der Waals surface area contributed by atoms with Gasteiger partial charge in [0.2, 0.25) is 11.8 Å². The number of ether oxygens (including phenoxy) is 1. The van der Waals surface area contributed by atoms with Gasteiger partial charge in [-0.1, -0.05) is 73.6 Å². The Hall–Kier alpha value is -2.48. The fourth-order valence-electron chi connectivity index (χ4n) is 4.07. The number of hydrogen-bond donors (Lipinski definition) is 3. The van der Waals surface area contributed by atoms with Crippen LogP contribution >= 0.6 is 12.6 Å². The lowest BCUT2D eigenvalue weighted by atomic mass is 9.73. The van der Waals surface area contributed by atoms with Crippen LogP contribution in [0.2, 0.25) is 0 Å². The SMILES string of the molecule is C/C(=C\[C@H](C(C)C)N(C)C(=O)[C@@H](NC(=O)[C@@H](C)C(C)(C)c1cccc(OCCS)c1)C(C)(C)C)C(=O)O. The van der Waals surface area contributed by atoms with E-state index >= 15 is 0 Å². The molecule has 0 heterocycles. The topological polar surface area (TPSA) is 95.9 Å². The van der Waals surface area contributed by atoms with Crippen molar-refractivity contribution in [3.05, 3.63) is 41.5 Å². The van der Waals surface area contributed by atoms with Crippen molar-refractivity contribution in [2.45, 2.75) is 79.8 Å². The van der Waals surface area contributed by atoms with Crippen molar-refractivity contribution in [3.8, 4) is 5.75 Å². The van der Waals surface area contributed by atoms with Crippen LogP contribution in [0.1, 0.15) is 67.9 Å². The van der Waals surface area contributed by atoms with Gasteiger partial charge in [0.05, 0.1) is 12.6 Å². The number of benzene rings is 1. The number of nitrogens with zero attached hydrogens (tertiary/aromatic N) is 1. The van der Waals surface area contributed by atoms with Crippen LogP contribution < -0.4 is 10.1 Å². The largest absolute Gasteiger partial charge is 0.493 e. The molecule has 0 unspecified atom stereocenters. The summed E-state index contributed by atoms with van der Waals surface area (Å²) in [4.78, 5) is 40.2. The number of carboxylic acids is 1. The smallest absolute Gasteiger partial charge is 0.331 e. The van der Waals surface area contributed by atoms with Crippen LogP contribution in [0.15, 0.2) is 35.9 Å². The maximum atomic E-state index is 13.7. The Morgan fingerprint density at radius 1 is 1.14 bits per heavy atom. The predicted molar refractivity (Wildman–Crippen MR) is 152 cm³/mol. The molecule has 2 amide bonds. The van der Waals surface area contributed by atoms with E-state index in [0.29, 0.717) is 12.4 Å². The second-order valence-corrected chi connectivity index (χ2v) is 12.1. The van der Waals surface area contributed by atoms with Crippen molar-refractivity contribution in [2.24, 2.45) is 17.3 Å².